The molecule has 1 amide bonds. The van der Waals surface area contributed by atoms with Gasteiger partial charge in [-0.3, -0.25) is 4.79 Å². The number of nitrogens with zero attached hydrogens (tertiary/aromatic N) is 1. The van der Waals surface area contributed by atoms with Crippen LogP contribution < -0.4 is 0 Å². The van der Waals surface area contributed by atoms with E-state index in [-0.39, 0.29) is 0 Å². The average Bonchev–Trinajstić information content (AvgIpc) is 2.27. The number of likely N-dealkylation sites (tertiary alicyclic amines) is 1. The molecule has 0 N–H and O–H groups in total. The summed E-state index contributed by atoms with van der Waals surface area (Å²) in [6.07, 6.45) is 8.99. The number of carbonyl (C=O) groups is 1. The van der Waals surface area contributed by atoms with E-state index in [1.54, 1.807) is 0 Å². The van der Waals surface area contributed by atoms with Gasteiger partial charge in [-0.1, -0.05) is 26.2 Å². The maximum atomic E-state index is 11.0. The Morgan fingerprint density at radius 1 is 1.36 bits per heavy atom. The molecular weight excluding hydrogens is 174 g/mol. The van der Waals surface area contributed by atoms with Crippen LogP contribution in [0.2, 0.25) is 0 Å². The van der Waals surface area contributed by atoms with Crippen LogP contribution in [-0.4, -0.2) is 23.9 Å². The van der Waals surface area contributed by atoms with Crippen LogP contribution in [0.3, 0.4) is 0 Å². The molecular formula is C12H21NO. The largest absolute Gasteiger partial charge is 0.342 e. The summed E-state index contributed by atoms with van der Waals surface area (Å²) in [5.41, 5.74) is 0. The van der Waals surface area contributed by atoms with Gasteiger partial charge in [0, 0.05) is 12.6 Å². The Hall–Kier alpha value is -0.530. The van der Waals surface area contributed by atoms with E-state index >= 15 is 0 Å². The monoisotopic (exact) mass is 195 g/mol. The first-order valence-corrected chi connectivity index (χ1v) is 6.06. The number of carbonyl (C=O) groups excluding carboxylic acids is 1. The van der Waals surface area contributed by atoms with Crippen molar-refractivity contribution in [3.63, 3.8) is 0 Å². The van der Waals surface area contributed by atoms with E-state index < -0.39 is 0 Å². The van der Waals surface area contributed by atoms with Gasteiger partial charge in [-0.15, -0.1) is 0 Å². The van der Waals surface area contributed by atoms with Gasteiger partial charge in [0.25, 0.3) is 0 Å². The first kappa shape index (κ1) is 10.0. The molecule has 2 nitrogen and oxygen atoms in total. The van der Waals surface area contributed by atoms with Gasteiger partial charge in [0.1, 0.15) is 0 Å². The van der Waals surface area contributed by atoms with Gasteiger partial charge in [0.2, 0.25) is 6.41 Å². The van der Waals surface area contributed by atoms with Crippen molar-refractivity contribution < 1.29 is 4.79 Å². The second-order valence-corrected chi connectivity index (χ2v) is 4.92. The molecule has 14 heavy (non-hydrogen) atoms. The maximum Gasteiger partial charge on any atom is 0.209 e. The highest BCUT2D eigenvalue weighted by atomic mass is 16.1. The molecule has 2 rings (SSSR count). The average molecular weight is 195 g/mol. The van der Waals surface area contributed by atoms with Crippen LogP contribution in [0.5, 0.6) is 0 Å². The van der Waals surface area contributed by atoms with Crippen molar-refractivity contribution in [2.24, 2.45) is 11.8 Å². The number of hydrogen-bond acceptors (Lipinski definition) is 1. The minimum absolute atomic E-state index is 0.587. The summed E-state index contributed by atoms with van der Waals surface area (Å²) in [6.45, 7) is 3.26. The van der Waals surface area contributed by atoms with E-state index in [9.17, 15) is 4.79 Å². The first-order valence-electron chi connectivity index (χ1n) is 6.06. The summed E-state index contributed by atoms with van der Waals surface area (Å²) in [5.74, 6) is 1.58. The molecule has 0 aromatic carbocycles. The number of rotatable bonds is 2. The van der Waals surface area contributed by atoms with Crippen LogP contribution in [0.4, 0.5) is 0 Å². The van der Waals surface area contributed by atoms with Crippen molar-refractivity contribution in [2.75, 3.05) is 6.54 Å². The molecule has 0 aromatic heterocycles. The van der Waals surface area contributed by atoms with Crippen molar-refractivity contribution >= 4 is 6.41 Å². The molecule has 0 bridgehead atoms. The number of hydrogen-bond donors (Lipinski definition) is 0. The molecule has 1 aliphatic carbocycles. The predicted molar refractivity (Wildman–Crippen MR) is 56.9 cm³/mol. The van der Waals surface area contributed by atoms with Crippen molar-refractivity contribution in [1.29, 1.82) is 0 Å². The lowest BCUT2D eigenvalue weighted by atomic mass is 9.74. The second-order valence-electron chi connectivity index (χ2n) is 4.92. The Morgan fingerprint density at radius 2 is 2.14 bits per heavy atom. The van der Waals surface area contributed by atoms with Crippen LogP contribution in [0, 0.1) is 11.8 Å². The van der Waals surface area contributed by atoms with Crippen LogP contribution in [0.15, 0.2) is 0 Å². The fourth-order valence-electron chi connectivity index (χ4n) is 3.25. The van der Waals surface area contributed by atoms with Gasteiger partial charge in [-0.25, -0.2) is 0 Å². The van der Waals surface area contributed by atoms with E-state index in [4.69, 9.17) is 0 Å². The van der Waals surface area contributed by atoms with Gasteiger partial charge in [-0.2, -0.15) is 0 Å². The Bertz CT molecular complexity index is 204. The van der Waals surface area contributed by atoms with Crippen LogP contribution in [0.25, 0.3) is 0 Å². The van der Waals surface area contributed by atoms with Crippen LogP contribution in [-0.2, 0) is 4.79 Å². The zero-order chi connectivity index (χ0) is 9.97. The van der Waals surface area contributed by atoms with Crippen LogP contribution >= 0.6 is 0 Å². The fraction of sp³-hybridized carbons (Fsp3) is 0.917. The zero-order valence-electron chi connectivity index (χ0n) is 9.11. The highest BCUT2D eigenvalue weighted by Gasteiger charge is 2.35. The summed E-state index contributed by atoms with van der Waals surface area (Å²) in [7, 11) is 0. The molecule has 1 saturated heterocycles. The lowest BCUT2D eigenvalue weighted by Crippen LogP contribution is -2.49. The van der Waals surface area contributed by atoms with E-state index in [0.717, 1.165) is 24.8 Å². The van der Waals surface area contributed by atoms with E-state index in [1.165, 1.54) is 38.5 Å². The summed E-state index contributed by atoms with van der Waals surface area (Å²) in [4.78, 5) is 13.1. The third kappa shape index (κ3) is 1.79. The molecule has 2 heteroatoms. The van der Waals surface area contributed by atoms with Crippen molar-refractivity contribution in [2.45, 2.75) is 51.5 Å². The van der Waals surface area contributed by atoms with Crippen molar-refractivity contribution in [1.82, 2.24) is 4.90 Å². The second kappa shape index (κ2) is 4.33. The first-order chi connectivity index (χ1) is 6.85. The van der Waals surface area contributed by atoms with Gasteiger partial charge in [0.15, 0.2) is 0 Å². The summed E-state index contributed by atoms with van der Waals surface area (Å²) in [6, 6.07) is 0.587. The third-order valence-electron chi connectivity index (χ3n) is 4.11. The Balaban J connectivity index is 2.05. The highest BCUT2D eigenvalue weighted by Crippen LogP contribution is 2.37. The molecule has 3 unspecified atom stereocenters. The van der Waals surface area contributed by atoms with E-state index in [0.29, 0.717) is 6.04 Å². The smallest absolute Gasteiger partial charge is 0.209 e. The third-order valence-corrected chi connectivity index (χ3v) is 4.11. The fourth-order valence-corrected chi connectivity index (χ4v) is 3.25. The lowest BCUT2D eigenvalue weighted by molar-refractivity contribution is -0.125. The molecule has 0 spiro atoms. The molecule has 0 radical (unpaired) electrons. The molecule has 1 heterocycles. The van der Waals surface area contributed by atoms with Crippen molar-refractivity contribution in [3.05, 3.63) is 0 Å². The minimum Gasteiger partial charge on any atom is -0.342 e. The lowest BCUT2D eigenvalue weighted by Gasteiger charge is -2.45. The SMILES string of the molecule is CCC1CC2CCCCC2N(C=O)C1. The van der Waals surface area contributed by atoms with Gasteiger partial charge in [0.05, 0.1) is 0 Å². The standard InChI is InChI=1S/C12H21NO/c1-2-10-7-11-5-3-4-6-12(11)13(8-10)9-14/h9-12H,2-8H2,1H3. The Morgan fingerprint density at radius 3 is 2.86 bits per heavy atom. The molecule has 2 fully saturated rings. The van der Waals surface area contributed by atoms with E-state index in [1.807, 2.05) is 0 Å². The van der Waals surface area contributed by atoms with Gasteiger partial charge < -0.3 is 4.90 Å². The molecule has 3 atom stereocenters. The quantitative estimate of drug-likeness (QED) is 0.620. The Labute approximate surface area is 86.7 Å². The minimum atomic E-state index is 0.587. The summed E-state index contributed by atoms with van der Waals surface area (Å²) < 4.78 is 0. The van der Waals surface area contributed by atoms with Gasteiger partial charge >= 0.3 is 0 Å². The van der Waals surface area contributed by atoms with Gasteiger partial charge in [-0.05, 0) is 31.1 Å². The Kier molecular flexibility index (Phi) is 3.09. The molecule has 1 aliphatic heterocycles. The van der Waals surface area contributed by atoms with Crippen LogP contribution in [0.1, 0.15) is 45.4 Å². The normalized spacial score (nSPS) is 37.8. The zero-order valence-corrected chi connectivity index (χ0v) is 9.11. The van der Waals surface area contributed by atoms with E-state index in [2.05, 4.69) is 11.8 Å². The number of fused-ring (bicyclic) bond motifs is 1. The number of piperidine rings is 1. The molecule has 80 valence electrons. The predicted octanol–water partition coefficient (Wildman–Crippen LogP) is 2.43. The summed E-state index contributed by atoms with van der Waals surface area (Å²) in [5, 5.41) is 0. The molecule has 1 saturated carbocycles. The van der Waals surface area contributed by atoms with Crippen molar-refractivity contribution in [3.8, 4) is 0 Å². The topological polar surface area (TPSA) is 20.3 Å². The highest BCUT2D eigenvalue weighted by molar-refractivity contribution is 5.48. The number of amides is 1. The maximum absolute atomic E-state index is 11.0. The summed E-state index contributed by atoms with van der Waals surface area (Å²) >= 11 is 0. The molecule has 2 aliphatic rings. The molecule has 0 aromatic rings.